The van der Waals surface area contributed by atoms with Gasteiger partial charge >= 0.3 is 5.97 Å². The van der Waals surface area contributed by atoms with Crippen LogP contribution in [0.25, 0.3) is 0 Å². The normalized spacial score (nSPS) is 18.7. The number of benzene rings is 1. The average Bonchev–Trinajstić information content (AvgIpc) is 2.67. The molecule has 1 aromatic rings. The van der Waals surface area contributed by atoms with E-state index in [-0.39, 0.29) is 12.1 Å². The van der Waals surface area contributed by atoms with Crippen LogP contribution in [-0.2, 0) is 19.0 Å². The summed E-state index contributed by atoms with van der Waals surface area (Å²) in [6.45, 7) is 8.91. The molecule has 0 fully saturated rings. The molecule has 0 aromatic heterocycles. The standard InChI is InChI=1S/C20H31NO6/c1-3-20(22)27-17(2)16-21-8-10-23-12-14-25-18-6-4-5-7-19(18)26-15-13-24-11-9-21/h4-7,17H,3,8-16H2,1-2H3/t17-/m0/s1. The summed E-state index contributed by atoms with van der Waals surface area (Å²) >= 11 is 0. The number of rotatable bonds is 4. The van der Waals surface area contributed by atoms with Crippen LogP contribution >= 0.6 is 0 Å². The van der Waals surface area contributed by atoms with E-state index in [0.29, 0.717) is 64.1 Å². The second-order valence-electron chi connectivity index (χ2n) is 6.32. The van der Waals surface area contributed by atoms with E-state index in [1.165, 1.54) is 0 Å². The Labute approximate surface area is 161 Å². The van der Waals surface area contributed by atoms with Crippen LogP contribution in [0.5, 0.6) is 11.5 Å². The maximum absolute atomic E-state index is 11.4. The zero-order valence-electron chi connectivity index (χ0n) is 16.4. The largest absolute Gasteiger partial charge is 0.487 e. The number of ether oxygens (including phenoxy) is 5. The lowest BCUT2D eigenvalue weighted by Crippen LogP contribution is -2.38. The van der Waals surface area contributed by atoms with E-state index in [4.69, 9.17) is 23.7 Å². The molecule has 0 spiro atoms. The maximum atomic E-state index is 11.4. The van der Waals surface area contributed by atoms with Gasteiger partial charge in [-0.15, -0.1) is 0 Å². The smallest absolute Gasteiger partial charge is 0.305 e. The second-order valence-corrected chi connectivity index (χ2v) is 6.32. The Morgan fingerprint density at radius 3 is 2.07 bits per heavy atom. The summed E-state index contributed by atoms with van der Waals surface area (Å²) in [6, 6.07) is 7.60. The molecule has 0 unspecified atom stereocenters. The molecule has 1 atom stereocenters. The molecule has 27 heavy (non-hydrogen) atoms. The summed E-state index contributed by atoms with van der Waals surface area (Å²) in [5.41, 5.74) is 0. The topological polar surface area (TPSA) is 66.5 Å². The molecule has 0 N–H and O–H groups in total. The van der Waals surface area contributed by atoms with Gasteiger partial charge in [0, 0.05) is 26.1 Å². The fourth-order valence-electron chi connectivity index (χ4n) is 2.70. The third-order valence-electron chi connectivity index (χ3n) is 4.06. The second kappa shape index (κ2) is 12.5. The number of hydrogen-bond acceptors (Lipinski definition) is 7. The van der Waals surface area contributed by atoms with Gasteiger partial charge in [-0.25, -0.2) is 0 Å². The first-order valence-electron chi connectivity index (χ1n) is 9.61. The molecule has 152 valence electrons. The Bertz CT molecular complexity index is 518. The van der Waals surface area contributed by atoms with Gasteiger partial charge in [-0.05, 0) is 19.1 Å². The molecule has 1 aliphatic heterocycles. The van der Waals surface area contributed by atoms with Crippen LogP contribution in [-0.4, -0.2) is 76.2 Å². The molecule has 7 heteroatoms. The Kier molecular flexibility index (Phi) is 9.97. The SMILES string of the molecule is CCC(=O)O[C@@H](C)CN1CCOCCOc2ccccc2OCCOCC1. The first-order valence-corrected chi connectivity index (χ1v) is 9.61. The van der Waals surface area contributed by atoms with Gasteiger partial charge in [-0.2, -0.15) is 0 Å². The van der Waals surface area contributed by atoms with E-state index in [1.54, 1.807) is 6.92 Å². The van der Waals surface area contributed by atoms with Gasteiger partial charge < -0.3 is 23.7 Å². The van der Waals surface area contributed by atoms with Gasteiger partial charge in [-0.3, -0.25) is 9.69 Å². The van der Waals surface area contributed by atoms with E-state index < -0.39 is 0 Å². The molecule has 0 bridgehead atoms. The number of carbonyl (C=O) groups excluding carboxylic acids is 1. The minimum Gasteiger partial charge on any atom is -0.487 e. The monoisotopic (exact) mass is 381 g/mol. The van der Waals surface area contributed by atoms with Gasteiger partial charge in [0.05, 0.1) is 26.4 Å². The van der Waals surface area contributed by atoms with Crippen molar-refractivity contribution in [3.63, 3.8) is 0 Å². The number of nitrogens with zero attached hydrogens (tertiary/aromatic N) is 1. The molecule has 1 aliphatic rings. The van der Waals surface area contributed by atoms with Crippen molar-refractivity contribution in [2.75, 3.05) is 59.3 Å². The van der Waals surface area contributed by atoms with E-state index in [9.17, 15) is 4.79 Å². The highest BCUT2D eigenvalue weighted by atomic mass is 16.6. The van der Waals surface area contributed by atoms with Crippen LogP contribution in [0.15, 0.2) is 24.3 Å². The molecule has 1 aromatic carbocycles. The van der Waals surface area contributed by atoms with Crippen LogP contribution in [0, 0.1) is 0 Å². The Balaban J connectivity index is 1.83. The van der Waals surface area contributed by atoms with Crippen LogP contribution in [0.4, 0.5) is 0 Å². The van der Waals surface area contributed by atoms with Crippen molar-refractivity contribution in [1.82, 2.24) is 4.90 Å². The number of esters is 1. The van der Waals surface area contributed by atoms with Crippen molar-refractivity contribution in [3.05, 3.63) is 24.3 Å². The van der Waals surface area contributed by atoms with Crippen LogP contribution in [0.2, 0.25) is 0 Å². The predicted molar refractivity (Wildman–Crippen MR) is 101 cm³/mol. The van der Waals surface area contributed by atoms with E-state index in [2.05, 4.69) is 4.90 Å². The average molecular weight is 381 g/mol. The number of para-hydroxylation sites is 2. The van der Waals surface area contributed by atoms with E-state index >= 15 is 0 Å². The molecule has 0 aliphatic carbocycles. The molecule has 1 heterocycles. The van der Waals surface area contributed by atoms with E-state index in [1.807, 2.05) is 31.2 Å². The Morgan fingerprint density at radius 1 is 1.00 bits per heavy atom. The summed E-state index contributed by atoms with van der Waals surface area (Å²) in [7, 11) is 0. The van der Waals surface area contributed by atoms with Crippen LogP contribution in [0.1, 0.15) is 20.3 Å². The lowest BCUT2D eigenvalue weighted by atomic mass is 10.3. The van der Waals surface area contributed by atoms with Crippen molar-refractivity contribution in [1.29, 1.82) is 0 Å². The molecule has 0 radical (unpaired) electrons. The summed E-state index contributed by atoms with van der Waals surface area (Å²) < 4.78 is 28.2. The van der Waals surface area contributed by atoms with Crippen molar-refractivity contribution in [2.45, 2.75) is 26.4 Å². The lowest BCUT2D eigenvalue weighted by Gasteiger charge is -2.25. The molecule has 0 amide bonds. The Hall–Kier alpha value is -1.83. The minimum absolute atomic E-state index is 0.166. The minimum atomic E-state index is -0.179. The summed E-state index contributed by atoms with van der Waals surface area (Å²) in [5.74, 6) is 1.25. The van der Waals surface area contributed by atoms with Crippen molar-refractivity contribution in [2.24, 2.45) is 0 Å². The van der Waals surface area contributed by atoms with Crippen LogP contribution < -0.4 is 9.47 Å². The highest BCUT2D eigenvalue weighted by Gasteiger charge is 2.14. The first-order chi connectivity index (χ1) is 13.2. The number of carbonyl (C=O) groups is 1. The van der Waals surface area contributed by atoms with Gasteiger partial charge in [-0.1, -0.05) is 19.1 Å². The van der Waals surface area contributed by atoms with Gasteiger partial charge in [0.25, 0.3) is 0 Å². The Morgan fingerprint density at radius 2 is 1.56 bits per heavy atom. The van der Waals surface area contributed by atoms with E-state index in [0.717, 1.165) is 13.1 Å². The molecular formula is C20H31NO6. The molecule has 0 saturated heterocycles. The van der Waals surface area contributed by atoms with Crippen LogP contribution in [0.3, 0.4) is 0 Å². The number of fused-ring (bicyclic) bond motifs is 1. The summed E-state index contributed by atoms with van der Waals surface area (Å²) in [4.78, 5) is 13.6. The molecule has 2 rings (SSSR count). The quantitative estimate of drug-likeness (QED) is 0.740. The fraction of sp³-hybridized carbons (Fsp3) is 0.650. The molecule has 7 nitrogen and oxygen atoms in total. The zero-order valence-corrected chi connectivity index (χ0v) is 16.4. The number of hydrogen-bond donors (Lipinski definition) is 0. The highest BCUT2D eigenvalue weighted by molar-refractivity contribution is 5.69. The van der Waals surface area contributed by atoms with Crippen molar-refractivity contribution >= 4 is 5.97 Å². The summed E-state index contributed by atoms with van der Waals surface area (Å²) in [5, 5.41) is 0. The summed E-state index contributed by atoms with van der Waals surface area (Å²) in [6.07, 6.45) is 0.222. The van der Waals surface area contributed by atoms with Gasteiger partial charge in [0.2, 0.25) is 0 Å². The molecule has 0 saturated carbocycles. The first kappa shape index (κ1) is 21.5. The predicted octanol–water partition coefficient (Wildman–Crippen LogP) is 2.13. The molecular weight excluding hydrogens is 350 g/mol. The van der Waals surface area contributed by atoms with Gasteiger partial charge in [0.15, 0.2) is 11.5 Å². The third kappa shape index (κ3) is 8.60. The van der Waals surface area contributed by atoms with Gasteiger partial charge in [0.1, 0.15) is 19.3 Å². The fourth-order valence-corrected chi connectivity index (χ4v) is 2.70. The van der Waals surface area contributed by atoms with Crippen molar-refractivity contribution < 1.29 is 28.5 Å². The lowest BCUT2D eigenvalue weighted by molar-refractivity contribution is -0.148. The zero-order chi connectivity index (χ0) is 19.3. The van der Waals surface area contributed by atoms with Crippen molar-refractivity contribution in [3.8, 4) is 11.5 Å². The highest BCUT2D eigenvalue weighted by Crippen LogP contribution is 2.26. The maximum Gasteiger partial charge on any atom is 0.305 e. The third-order valence-corrected chi connectivity index (χ3v) is 4.06.